The van der Waals surface area contributed by atoms with E-state index in [1.54, 1.807) is 0 Å². The number of carbonyl (C=O) groups is 2. The molecule has 5 nitrogen and oxygen atoms in total. The minimum atomic E-state index is -0.285. The molecule has 1 heterocycles. The van der Waals surface area contributed by atoms with Crippen molar-refractivity contribution in [2.24, 2.45) is 11.7 Å². The summed E-state index contributed by atoms with van der Waals surface area (Å²) in [6.07, 6.45) is 2.73. The number of nitrogens with one attached hydrogen (secondary N) is 1. The standard InChI is InChI=1S/C19H27N3O2/c1-12-3-4-14(9-13(12)2)16-10-17(16)19(24)21-15-5-7-22(8-6-15)11-18(20)23/h3-4,9,15-17H,5-8,10-11H2,1-2H3,(H2,20,23)(H,21,24)/t16-,17-/m1/s1. The molecule has 5 heteroatoms. The van der Waals surface area contributed by atoms with Crippen LogP contribution in [0, 0.1) is 19.8 Å². The topological polar surface area (TPSA) is 75.4 Å². The van der Waals surface area contributed by atoms with Crippen molar-refractivity contribution in [2.45, 2.75) is 45.1 Å². The van der Waals surface area contributed by atoms with Gasteiger partial charge in [0.05, 0.1) is 6.54 Å². The first-order chi connectivity index (χ1) is 11.4. The van der Waals surface area contributed by atoms with E-state index < -0.39 is 0 Å². The van der Waals surface area contributed by atoms with Gasteiger partial charge in [-0.1, -0.05) is 18.2 Å². The van der Waals surface area contributed by atoms with Crippen LogP contribution in [-0.4, -0.2) is 42.4 Å². The Balaban J connectivity index is 1.47. The average molecular weight is 329 g/mol. The van der Waals surface area contributed by atoms with Crippen molar-refractivity contribution in [2.75, 3.05) is 19.6 Å². The molecular weight excluding hydrogens is 302 g/mol. The first kappa shape index (κ1) is 17.0. The number of hydrogen-bond acceptors (Lipinski definition) is 3. The maximum Gasteiger partial charge on any atom is 0.231 e. The van der Waals surface area contributed by atoms with Crippen LogP contribution in [0.4, 0.5) is 0 Å². The molecule has 1 aromatic rings. The van der Waals surface area contributed by atoms with E-state index in [0.717, 1.165) is 32.4 Å². The Morgan fingerprint density at radius 1 is 1.21 bits per heavy atom. The van der Waals surface area contributed by atoms with Gasteiger partial charge in [-0.15, -0.1) is 0 Å². The zero-order valence-corrected chi connectivity index (χ0v) is 14.5. The molecule has 3 rings (SSSR count). The maximum atomic E-state index is 12.5. The third kappa shape index (κ3) is 3.96. The van der Waals surface area contributed by atoms with E-state index in [9.17, 15) is 9.59 Å². The third-order valence-electron chi connectivity index (χ3n) is 5.40. The number of primary amides is 1. The summed E-state index contributed by atoms with van der Waals surface area (Å²) in [7, 11) is 0. The summed E-state index contributed by atoms with van der Waals surface area (Å²) >= 11 is 0. The predicted molar refractivity (Wildman–Crippen MR) is 93.6 cm³/mol. The molecule has 3 N–H and O–H groups in total. The Labute approximate surface area is 143 Å². The van der Waals surface area contributed by atoms with Crippen LogP contribution >= 0.6 is 0 Å². The molecule has 0 aromatic heterocycles. The number of likely N-dealkylation sites (tertiary alicyclic amines) is 1. The smallest absolute Gasteiger partial charge is 0.231 e. The zero-order chi connectivity index (χ0) is 17.3. The van der Waals surface area contributed by atoms with Crippen LogP contribution in [0.5, 0.6) is 0 Å². The lowest BCUT2D eigenvalue weighted by Crippen LogP contribution is -2.47. The molecule has 0 bridgehead atoms. The molecule has 1 aliphatic carbocycles. The second-order valence-corrected chi connectivity index (χ2v) is 7.32. The van der Waals surface area contributed by atoms with E-state index in [4.69, 9.17) is 5.73 Å². The maximum absolute atomic E-state index is 12.5. The van der Waals surface area contributed by atoms with Gasteiger partial charge in [0.15, 0.2) is 0 Å². The fourth-order valence-electron chi connectivity index (χ4n) is 3.61. The number of nitrogens with zero attached hydrogens (tertiary/aromatic N) is 1. The molecule has 24 heavy (non-hydrogen) atoms. The first-order valence-electron chi connectivity index (χ1n) is 8.82. The predicted octanol–water partition coefficient (Wildman–Crippen LogP) is 1.47. The van der Waals surface area contributed by atoms with Crippen LogP contribution in [0.15, 0.2) is 18.2 Å². The van der Waals surface area contributed by atoms with Gasteiger partial charge in [0.25, 0.3) is 0 Å². The molecule has 0 radical (unpaired) electrons. The SMILES string of the molecule is Cc1ccc([C@H]2C[C@H]2C(=O)NC2CCN(CC(N)=O)CC2)cc1C. The van der Waals surface area contributed by atoms with Gasteiger partial charge in [-0.25, -0.2) is 0 Å². The van der Waals surface area contributed by atoms with E-state index in [0.29, 0.717) is 12.5 Å². The fraction of sp³-hybridized carbons (Fsp3) is 0.579. The van der Waals surface area contributed by atoms with Crippen molar-refractivity contribution >= 4 is 11.8 Å². The second kappa shape index (κ2) is 6.93. The van der Waals surface area contributed by atoms with Crippen molar-refractivity contribution in [1.82, 2.24) is 10.2 Å². The highest BCUT2D eigenvalue weighted by molar-refractivity contribution is 5.83. The van der Waals surface area contributed by atoms with Crippen LogP contribution in [0.3, 0.4) is 0 Å². The second-order valence-electron chi connectivity index (χ2n) is 7.32. The van der Waals surface area contributed by atoms with Crippen LogP contribution in [0.1, 0.15) is 41.9 Å². The number of carbonyl (C=O) groups excluding carboxylic acids is 2. The van der Waals surface area contributed by atoms with Crippen LogP contribution in [-0.2, 0) is 9.59 Å². The largest absolute Gasteiger partial charge is 0.369 e. The van der Waals surface area contributed by atoms with Crippen LogP contribution in [0.2, 0.25) is 0 Å². The van der Waals surface area contributed by atoms with E-state index >= 15 is 0 Å². The van der Waals surface area contributed by atoms with Crippen molar-refractivity contribution in [3.8, 4) is 0 Å². The molecule has 2 amide bonds. The molecule has 2 aliphatic rings. The highest BCUT2D eigenvalue weighted by atomic mass is 16.2. The molecular formula is C19H27N3O2. The fourth-order valence-corrected chi connectivity index (χ4v) is 3.61. The lowest BCUT2D eigenvalue weighted by molar-refractivity contribution is -0.124. The van der Waals surface area contributed by atoms with Crippen molar-refractivity contribution in [3.05, 3.63) is 34.9 Å². The normalized spacial score (nSPS) is 24.6. The minimum Gasteiger partial charge on any atom is -0.369 e. The number of hydrogen-bond donors (Lipinski definition) is 2. The molecule has 0 unspecified atom stereocenters. The highest BCUT2D eigenvalue weighted by Crippen LogP contribution is 2.48. The van der Waals surface area contributed by atoms with E-state index in [2.05, 4.69) is 42.3 Å². The lowest BCUT2D eigenvalue weighted by atomic mass is 10.0. The molecule has 2 atom stereocenters. The van der Waals surface area contributed by atoms with E-state index in [1.165, 1.54) is 16.7 Å². The van der Waals surface area contributed by atoms with Gasteiger partial charge < -0.3 is 11.1 Å². The van der Waals surface area contributed by atoms with Gasteiger partial charge in [-0.3, -0.25) is 14.5 Å². The summed E-state index contributed by atoms with van der Waals surface area (Å²) in [4.78, 5) is 25.5. The van der Waals surface area contributed by atoms with E-state index in [1.807, 2.05) is 0 Å². The first-order valence-corrected chi connectivity index (χ1v) is 8.82. The van der Waals surface area contributed by atoms with Gasteiger partial charge >= 0.3 is 0 Å². The number of amides is 2. The molecule has 1 saturated carbocycles. The summed E-state index contributed by atoms with van der Waals surface area (Å²) in [5.41, 5.74) is 9.10. The number of benzene rings is 1. The number of aryl methyl sites for hydroxylation is 2. The number of rotatable bonds is 5. The molecule has 1 aliphatic heterocycles. The van der Waals surface area contributed by atoms with Crippen molar-refractivity contribution in [3.63, 3.8) is 0 Å². The monoisotopic (exact) mass is 329 g/mol. The number of nitrogens with two attached hydrogens (primary N) is 1. The van der Waals surface area contributed by atoms with Gasteiger partial charge in [0.2, 0.25) is 11.8 Å². The van der Waals surface area contributed by atoms with Crippen LogP contribution < -0.4 is 11.1 Å². The highest BCUT2D eigenvalue weighted by Gasteiger charge is 2.44. The summed E-state index contributed by atoms with van der Waals surface area (Å²) in [6.45, 7) is 6.19. The molecule has 1 saturated heterocycles. The quantitative estimate of drug-likeness (QED) is 0.859. The Morgan fingerprint density at radius 3 is 2.54 bits per heavy atom. The van der Waals surface area contributed by atoms with E-state index in [-0.39, 0.29) is 23.8 Å². The van der Waals surface area contributed by atoms with Gasteiger partial charge in [-0.2, -0.15) is 0 Å². The zero-order valence-electron chi connectivity index (χ0n) is 14.5. The van der Waals surface area contributed by atoms with Gasteiger partial charge in [-0.05, 0) is 55.7 Å². The van der Waals surface area contributed by atoms with Gasteiger partial charge in [0.1, 0.15) is 0 Å². The van der Waals surface area contributed by atoms with Gasteiger partial charge in [0, 0.05) is 25.0 Å². The Bertz CT molecular complexity index is 635. The molecule has 1 aromatic carbocycles. The Hall–Kier alpha value is -1.88. The minimum absolute atomic E-state index is 0.121. The average Bonchev–Trinajstić information content (AvgIpc) is 3.32. The summed E-state index contributed by atoms with van der Waals surface area (Å²) in [6, 6.07) is 6.74. The lowest BCUT2D eigenvalue weighted by Gasteiger charge is -2.31. The van der Waals surface area contributed by atoms with Crippen molar-refractivity contribution in [1.29, 1.82) is 0 Å². The van der Waals surface area contributed by atoms with Crippen molar-refractivity contribution < 1.29 is 9.59 Å². The third-order valence-corrected chi connectivity index (χ3v) is 5.40. The summed E-state index contributed by atoms with van der Waals surface area (Å²) in [5.74, 6) is 0.397. The van der Waals surface area contributed by atoms with Crippen LogP contribution in [0.25, 0.3) is 0 Å². The number of piperidine rings is 1. The Kier molecular flexibility index (Phi) is 4.90. The molecule has 0 spiro atoms. The summed E-state index contributed by atoms with van der Waals surface area (Å²) in [5, 5.41) is 3.20. The Morgan fingerprint density at radius 2 is 1.92 bits per heavy atom. The molecule has 2 fully saturated rings. The molecule has 130 valence electrons. The summed E-state index contributed by atoms with van der Waals surface area (Å²) < 4.78 is 0.